The van der Waals surface area contributed by atoms with Crippen LogP contribution in [-0.4, -0.2) is 41.4 Å². The van der Waals surface area contributed by atoms with Gasteiger partial charge in [-0.05, 0) is 32.3 Å². The maximum absolute atomic E-state index is 12.4. The van der Waals surface area contributed by atoms with Crippen LogP contribution in [0.15, 0.2) is 24.3 Å². The van der Waals surface area contributed by atoms with Crippen LogP contribution < -0.4 is 5.32 Å². The third-order valence-electron chi connectivity index (χ3n) is 5.51. The SMILES string of the molecule is Cc1ccc(CNC(=O)[C@H](C)OC(=O)[C@H]2CC(=O)N(C3CCCC3)C2)cc1. The molecule has 1 saturated carbocycles. The molecule has 0 bridgehead atoms. The normalized spacial score (nSPS) is 21.3. The summed E-state index contributed by atoms with van der Waals surface area (Å²) in [5, 5.41) is 2.78. The average Bonchev–Trinajstić information content (AvgIpc) is 3.30. The highest BCUT2D eigenvalue weighted by Gasteiger charge is 2.40. The Kier molecular flexibility index (Phi) is 6.14. The number of carbonyl (C=O) groups is 3. The Morgan fingerprint density at radius 1 is 1.22 bits per heavy atom. The van der Waals surface area contributed by atoms with Gasteiger partial charge in [-0.2, -0.15) is 0 Å². The fraction of sp³-hybridized carbons (Fsp3) is 0.571. The standard InChI is InChI=1S/C21H28N2O4/c1-14-7-9-16(10-8-14)12-22-20(25)15(2)27-21(26)17-11-19(24)23(13-17)18-5-3-4-6-18/h7-10,15,17-18H,3-6,11-13H2,1-2H3,(H,22,25)/t15-,17-/m0/s1. The maximum atomic E-state index is 12.4. The summed E-state index contributed by atoms with van der Waals surface area (Å²) >= 11 is 0. The van der Waals surface area contributed by atoms with E-state index in [1.54, 1.807) is 6.92 Å². The first-order chi connectivity index (χ1) is 12.9. The second-order valence-corrected chi connectivity index (χ2v) is 7.67. The fourth-order valence-corrected chi connectivity index (χ4v) is 3.82. The molecule has 2 amide bonds. The zero-order valence-corrected chi connectivity index (χ0v) is 16.1. The summed E-state index contributed by atoms with van der Waals surface area (Å²) in [7, 11) is 0. The van der Waals surface area contributed by atoms with E-state index in [4.69, 9.17) is 4.74 Å². The molecule has 2 aliphatic rings. The first-order valence-electron chi connectivity index (χ1n) is 9.77. The Morgan fingerprint density at radius 3 is 2.56 bits per heavy atom. The lowest BCUT2D eigenvalue weighted by Gasteiger charge is -2.24. The van der Waals surface area contributed by atoms with Crippen molar-refractivity contribution < 1.29 is 19.1 Å². The van der Waals surface area contributed by atoms with E-state index in [-0.39, 0.29) is 24.3 Å². The van der Waals surface area contributed by atoms with Crippen molar-refractivity contribution in [3.8, 4) is 0 Å². The predicted molar refractivity (Wildman–Crippen MR) is 101 cm³/mol. The quantitative estimate of drug-likeness (QED) is 0.778. The van der Waals surface area contributed by atoms with Gasteiger partial charge in [-0.15, -0.1) is 0 Å². The summed E-state index contributed by atoms with van der Waals surface area (Å²) in [5.74, 6) is -1.23. The highest BCUT2D eigenvalue weighted by Crippen LogP contribution is 2.30. The molecule has 0 unspecified atom stereocenters. The minimum atomic E-state index is -0.876. The third-order valence-corrected chi connectivity index (χ3v) is 5.51. The highest BCUT2D eigenvalue weighted by molar-refractivity contribution is 5.89. The van der Waals surface area contributed by atoms with Gasteiger partial charge < -0.3 is 15.0 Å². The topological polar surface area (TPSA) is 75.7 Å². The molecule has 146 valence electrons. The van der Waals surface area contributed by atoms with E-state index in [0.717, 1.165) is 36.8 Å². The largest absolute Gasteiger partial charge is 0.452 e. The van der Waals surface area contributed by atoms with Crippen molar-refractivity contribution in [2.24, 2.45) is 5.92 Å². The molecule has 6 heteroatoms. The number of rotatable bonds is 6. The lowest BCUT2D eigenvalue weighted by atomic mass is 10.1. The van der Waals surface area contributed by atoms with E-state index < -0.39 is 18.0 Å². The van der Waals surface area contributed by atoms with Crippen LogP contribution in [0.3, 0.4) is 0 Å². The molecular formula is C21H28N2O4. The Hall–Kier alpha value is -2.37. The molecule has 1 N–H and O–H groups in total. The summed E-state index contributed by atoms with van der Waals surface area (Å²) < 4.78 is 5.33. The van der Waals surface area contributed by atoms with Crippen molar-refractivity contribution in [3.63, 3.8) is 0 Å². The smallest absolute Gasteiger partial charge is 0.312 e. The van der Waals surface area contributed by atoms with Gasteiger partial charge in [0.2, 0.25) is 5.91 Å². The van der Waals surface area contributed by atoms with E-state index in [9.17, 15) is 14.4 Å². The number of nitrogens with zero attached hydrogens (tertiary/aromatic N) is 1. The Morgan fingerprint density at radius 2 is 1.89 bits per heavy atom. The molecule has 1 aromatic rings. The molecule has 3 rings (SSSR count). The van der Waals surface area contributed by atoms with E-state index in [2.05, 4.69) is 5.32 Å². The number of carbonyl (C=O) groups excluding carboxylic acids is 3. The summed E-state index contributed by atoms with van der Waals surface area (Å²) in [6.45, 7) is 4.37. The molecule has 1 aliphatic carbocycles. The van der Waals surface area contributed by atoms with Crippen LogP contribution in [0.2, 0.25) is 0 Å². The Labute approximate surface area is 160 Å². The lowest BCUT2D eigenvalue weighted by Crippen LogP contribution is -2.38. The summed E-state index contributed by atoms with van der Waals surface area (Å²) in [6, 6.07) is 8.14. The number of benzene rings is 1. The second kappa shape index (κ2) is 8.55. The number of esters is 1. The minimum Gasteiger partial charge on any atom is -0.452 e. The summed E-state index contributed by atoms with van der Waals surface area (Å²) in [4.78, 5) is 38.7. The number of hydrogen-bond donors (Lipinski definition) is 1. The number of hydrogen-bond acceptors (Lipinski definition) is 4. The van der Waals surface area contributed by atoms with Crippen molar-refractivity contribution in [1.82, 2.24) is 10.2 Å². The van der Waals surface area contributed by atoms with Crippen LogP contribution in [-0.2, 0) is 25.7 Å². The zero-order chi connectivity index (χ0) is 19.4. The molecule has 27 heavy (non-hydrogen) atoms. The van der Waals surface area contributed by atoms with Gasteiger partial charge in [0.1, 0.15) is 0 Å². The molecule has 0 spiro atoms. The monoisotopic (exact) mass is 372 g/mol. The number of ether oxygens (including phenoxy) is 1. The van der Waals surface area contributed by atoms with E-state index >= 15 is 0 Å². The van der Waals surface area contributed by atoms with Gasteiger partial charge in [0, 0.05) is 25.6 Å². The van der Waals surface area contributed by atoms with Gasteiger partial charge in [0.05, 0.1) is 5.92 Å². The number of aryl methyl sites for hydroxylation is 1. The van der Waals surface area contributed by atoms with E-state index in [1.807, 2.05) is 36.1 Å². The Balaban J connectivity index is 1.46. The van der Waals surface area contributed by atoms with Crippen molar-refractivity contribution >= 4 is 17.8 Å². The predicted octanol–water partition coefficient (Wildman–Crippen LogP) is 2.33. The maximum Gasteiger partial charge on any atom is 0.312 e. The summed E-state index contributed by atoms with van der Waals surface area (Å²) in [5.41, 5.74) is 2.14. The highest BCUT2D eigenvalue weighted by atomic mass is 16.5. The van der Waals surface area contributed by atoms with Crippen LogP contribution in [0.1, 0.15) is 50.2 Å². The number of nitrogens with one attached hydrogen (secondary N) is 1. The minimum absolute atomic E-state index is 0.0281. The molecule has 0 radical (unpaired) electrons. The van der Waals surface area contributed by atoms with E-state index in [1.165, 1.54) is 0 Å². The van der Waals surface area contributed by atoms with Crippen LogP contribution in [0.25, 0.3) is 0 Å². The first kappa shape index (κ1) is 19.4. The average molecular weight is 372 g/mol. The summed E-state index contributed by atoms with van der Waals surface area (Å²) in [6.07, 6.45) is 3.63. The van der Waals surface area contributed by atoms with Crippen LogP contribution in [0.5, 0.6) is 0 Å². The molecular weight excluding hydrogens is 344 g/mol. The van der Waals surface area contributed by atoms with Crippen LogP contribution >= 0.6 is 0 Å². The Bertz CT molecular complexity index is 695. The van der Waals surface area contributed by atoms with Gasteiger partial charge in [-0.3, -0.25) is 14.4 Å². The van der Waals surface area contributed by atoms with Crippen molar-refractivity contribution in [2.45, 2.75) is 64.6 Å². The van der Waals surface area contributed by atoms with Crippen molar-refractivity contribution in [1.29, 1.82) is 0 Å². The van der Waals surface area contributed by atoms with E-state index in [0.29, 0.717) is 13.1 Å². The van der Waals surface area contributed by atoms with Gasteiger partial charge in [0.25, 0.3) is 5.91 Å². The lowest BCUT2D eigenvalue weighted by molar-refractivity contribution is -0.158. The molecule has 6 nitrogen and oxygen atoms in total. The molecule has 1 aromatic carbocycles. The zero-order valence-electron chi connectivity index (χ0n) is 16.1. The van der Waals surface area contributed by atoms with Crippen molar-refractivity contribution in [2.75, 3.05) is 6.54 Å². The van der Waals surface area contributed by atoms with Crippen LogP contribution in [0.4, 0.5) is 0 Å². The second-order valence-electron chi connectivity index (χ2n) is 7.67. The fourth-order valence-electron chi connectivity index (χ4n) is 3.82. The molecule has 2 atom stereocenters. The number of amides is 2. The molecule has 1 aliphatic heterocycles. The molecule has 1 saturated heterocycles. The molecule has 2 fully saturated rings. The van der Waals surface area contributed by atoms with Crippen LogP contribution in [0, 0.1) is 12.8 Å². The van der Waals surface area contributed by atoms with Crippen molar-refractivity contribution in [3.05, 3.63) is 35.4 Å². The van der Waals surface area contributed by atoms with Gasteiger partial charge in [-0.25, -0.2) is 0 Å². The van der Waals surface area contributed by atoms with Gasteiger partial charge in [0.15, 0.2) is 6.10 Å². The van der Waals surface area contributed by atoms with Gasteiger partial charge in [-0.1, -0.05) is 42.7 Å². The molecule has 0 aromatic heterocycles. The number of likely N-dealkylation sites (tertiary alicyclic amines) is 1. The molecule has 1 heterocycles. The third kappa shape index (κ3) is 4.87. The van der Waals surface area contributed by atoms with Gasteiger partial charge >= 0.3 is 5.97 Å². The first-order valence-corrected chi connectivity index (χ1v) is 9.77.